The quantitative estimate of drug-likeness (QED) is 0.396. The average Bonchev–Trinajstić information content (AvgIpc) is 2.97. The molecule has 2 saturated carbocycles. The third kappa shape index (κ3) is 1.97. The monoisotopic (exact) mass is 362 g/mol. The number of alkyl halides is 2. The number of ether oxygens (including phenoxy) is 1. The third-order valence-electron chi connectivity index (χ3n) is 4.68. The van der Waals surface area contributed by atoms with Crippen LogP contribution < -0.4 is 0 Å². The Balaban J connectivity index is 1.88. The highest BCUT2D eigenvalue weighted by molar-refractivity contribution is 7.87. The molecule has 1 saturated heterocycles. The van der Waals surface area contributed by atoms with Crippen molar-refractivity contribution in [3.05, 3.63) is 0 Å². The fraction of sp³-hybridized carbons (Fsp3) is 0.900. The van der Waals surface area contributed by atoms with Gasteiger partial charge in [-0.15, -0.1) is 0 Å². The summed E-state index contributed by atoms with van der Waals surface area (Å²) in [5, 5.41) is -5.40. The minimum Gasteiger partial charge on any atom is -0.357 e. The largest absolute Gasteiger partial charge is 0.392 e. The smallest absolute Gasteiger partial charge is 0.357 e. The molecular formula is C10H12F2O8S2. The summed E-state index contributed by atoms with van der Waals surface area (Å²) < 4.78 is 89.4. The van der Waals surface area contributed by atoms with Gasteiger partial charge in [0.2, 0.25) is 0 Å². The maximum absolute atomic E-state index is 13.3. The molecular weight excluding hydrogens is 350 g/mol. The van der Waals surface area contributed by atoms with E-state index < -0.39 is 60.9 Å². The Morgan fingerprint density at radius 2 is 2.05 bits per heavy atom. The Labute approximate surface area is 124 Å². The molecule has 3 aliphatic rings. The van der Waals surface area contributed by atoms with Gasteiger partial charge >= 0.3 is 15.4 Å². The molecule has 3 rings (SSSR count). The van der Waals surface area contributed by atoms with E-state index in [1.807, 2.05) is 0 Å². The van der Waals surface area contributed by atoms with Crippen molar-refractivity contribution in [2.45, 2.75) is 35.1 Å². The highest BCUT2D eigenvalue weighted by Crippen LogP contribution is 2.60. The molecule has 126 valence electrons. The molecule has 1 heterocycles. The lowest BCUT2D eigenvalue weighted by Gasteiger charge is -2.35. The number of rotatable bonds is 5. The molecule has 4 unspecified atom stereocenters. The minimum atomic E-state index is -5.71. The van der Waals surface area contributed by atoms with Crippen molar-refractivity contribution in [2.75, 3.05) is 6.61 Å². The van der Waals surface area contributed by atoms with Gasteiger partial charge in [0.05, 0.1) is 5.25 Å². The van der Waals surface area contributed by atoms with Crippen molar-refractivity contribution in [3.8, 4) is 0 Å². The van der Waals surface area contributed by atoms with Crippen LogP contribution in [0.4, 0.5) is 8.78 Å². The molecule has 2 bridgehead atoms. The van der Waals surface area contributed by atoms with Gasteiger partial charge in [0.1, 0.15) is 12.7 Å². The fourth-order valence-corrected chi connectivity index (χ4v) is 5.74. The van der Waals surface area contributed by atoms with E-state index in [0.29, 0.717) is 0 Å². The van der Waals surface area contributed by atoms with Crippen LogP contribution in [0.2, 0.25) is 0 Å². The Kier molecular flexibility index (Phi) is 3.26. The molecule has 0 radical (unpaired) electrons. The Bertz CT molecular complexity index is 717. The van der Waals surface area contributed by atoms with Crippen LogP contribution in [-0.2, 0) is 34.0 Å². The number of fused-ring (bicyclic) bond motifs is 1. The molecule has 0 spiro atoms. The molecule has 22 heavy (non-hydrogen) atoms. The van der Waals surface area contributed by atoms with Gasteiger partial charge in [-0.1, -0.05) is 0 Å². The van der Waals surface area contributed by atoms with E-state index in [0.717, 1.165) is 0 Å². The molecule has 5 atom stereocenters. The number of hydrogen-bond donors (Lipinski definition) is 1. The second-order valence-corrected chi connectivity index (χ2v) is 9.08. The van der Waals surface area contributed by atoms with Crippen molar-refractivity contribution < 1.29 is 43.9 Å². The second-order valence-electron chi connectivity index (χ2n) is 5.75. The second kappa shape index (κ2) is 4.44. The molecule has 0 amide bonds. The molecule has 2 aliphatic carbocycles. The van der Waals surface area contributed by atoms with Gasteiger partial charge in [-0.2, -0.15) is 25.6 Å². The molecule has 0 aromatic heterocycles. The van der Waals surface area contributed by atoms with Crippen molar-refractivity contribution >= 4 is 26.5 Å². The van der Waals surface area contributed by atoms with Gasteiger partial charge in [-0.3, -0.25) is 8.74 Å². The van der Waals surface area contributed by atoms with Gasteiger partial charge in [-0.05, 0) is 18.8 Å². The van der Waals surface area contributed by atoms with Crippen LogP contribution in [0.25, 0.3) is 0 Å². The van der Waals surface area contributed by atoms with Crippen molar-refractivity contribution in [2.24, 2.45) is 11.8 Å². The number of hydrogen-bond acceptors (Lipinski definition) is 7. The van der Waals surface area contributed by atoms with Gasteiger partial charge in [-0.25, -0.2) is 0 Å². The summed E-state index contributed by atoms with van der Waals surface area (Å²) in [6.45, 7) is -1.77. The summed E-state index contributed by atoms with van der Waals surface area (Å²) in [5.74, 6) is -1.20. The first kappa shape index (κ1) is 16.2. The summed E-state index contributed by atoms with van der Waals surface area (Å²) in [5.41, 5.74) is -1.95. The topological polar surface area (TPSA) is 124 Å². The van der Waals surface area contributed by atoms with Gasteiger partial charge in [0, 0.05) is 5.92 Å². The molecule has 1 aliphatic heterocycles. The summed E-state index contributed by atoms with van der Waals surface area (Å²) in [7, 11) is -9.60. The van der Waals surface area contributed by atoms with Gasteiger partial charge in [0.25, 0.3) is 10.1 Å². The Morgan fingerprint density at radius 3 is 2.59 bits per heavy atom. The van der Waals surface area contributed by atoms with Crippen LogP contribution in [0, 0.1) is 11.8 Å². The van der Waals surface area contributed by atoms with Crippen LogP contribution in [0.5, 0.6) is 0 Å². The number of aldehydes is 1. The standard InChI is InChI=1S/C10H12F2O8S2/c11-10(12,22(16,17)18)4-19-9(3-13)5-1-6-7(2-5)21(14,15)20-8(6)9/h3,5-8H,1-2,4H2,(H,16,17,18)/t5?,6?,7?,8-,9?/m1/s1. The number of halogens is 2. The van der Waals surface area contributed by atoms with Crippen molar-refractivity contribution in [3.63, 3.8) is 0 Å². The summed E-state index contributed by atoms with van der Waals surface area (Å²) in [6.07, 6.45) is -0.764. The maximum atomic E-state index is 13.3. The van der Waals surface area contributed by atoms with E-state index in [1.165, 1.54) is 0 Å². The van der Waals surface area contributed by atoms with E-state index in [9.17, 15) is 30.4 Å². The molecule has 1 N–H and O–H groups in total. The summed E-state index contributed by atoms with van der Waals surface area (Å²) in [4.78, 5) is 11.4. The van der Waals surface area contributed by atoms with Crippen LogP contribution in [0.3, 0.4) is 0 Å². The van der Waals surface area contributed by atoms with E-state index in [4.69, 9.17) is 13.5 Å². The van der Waals surface area contributed by atoms with Crippen LogP contribution >= 0.6 is 0 Å². The lowest BCUT2D eigenvalue weighted by molar-refractivity contribution is -0.168. The van der Waals surface area contributed by atoms with Crippen LogP contribution in [0.15, 0.2) is 0 Å². The van der Waals surface area contributed by atoms with Crippen LogP contribution in [-0.4, -0.2) is 56.5 Å². The first-order valence-corrected chi connectivity index (χ1v) is 9.23. The third-order valence-corrected chi connectivity index (χ3v) is 7.31. The SMILES string of the molecule is O=CC1(OCC(F)(F)S(=O)(=O)O)C2CC3C(C2)S(=O)(=O)O[C@H]31. The molecule has 3 fully saturated rings. The highest BCUT2D eigenvalue weighted by atomic mass is 32.2. The zero-order valence-corrected chi connectivity index (χ0v) is 12.5. The fourth-order valence-electron chi connectivity index (χ4n) is 3.66. The predicted octanol–water partition coefficient (Wildman–Crippen LogP) is -0.442. The van der Waals surface area contributed by atoms with Crippen molar-refractivity contribution in [1.29, 1.82) is 0 Å². The Morgan fingerprint density at radius 1 is 1.41 bits per heavy atom. The first-order valence-electron chi connectivity index (χ1n) is 6.32. The predicted molar refractivity (Wildman–Crippen MR) is 65.0 cm³/mol. The molecule has 12 heteroatoms. The molecule has 0 aromatic rings. The van der Waals surface area contributed by atoms with Gasteiger partial charge < -0.3 is 9.53 Å². The van der Waals surface area contributed by atoms with E-state index in [1.54, 1.807) is 0 Å². The average molecular weight is 362 g/mol. The zero-order valence-electron chi connectivity index (χ0n) is 10.9. The zero-order chi connectivity index (χ0) is 16.6. The van der Waals surface area contributed by atoms with Gasteiger partial charge in [0.15, 0.2) is 11.9 Å². The maximum Gasteiger partial charge on any atom is 0.392 e. The highest BCUT2D eigenvalue weighted by Gasteiger charge is 2.72. The van der Waals surface area contributed by atoms with Crippen molar-refractivity contribution in [1.82, 2.24) is 0 Å². The van der Waals surface area contributed by atoms with E-state index in [2.05, 4.69) is 0 Å². The number of carbonyl (C=O) groups excluding carboxylic acids is 1. The Hall–Kier alpha value is -0.690. The lowest BCUT2D eigenvalue weighted by Crippen LogP contribution is -2.53. The van der Waals surface area contributed by atoms with Crippen LogP contribution in [0.1, 0.15) is 12.8 Å². The van der Waals surface area contributed by atoms with E-state index >= 15 is 0 Å². The first-order chi connectivity index (χ1) is 9.95. The minimum absolute atomic E-state index is 0.0275. The van der Waals surface area contributed by atoms with E-state index in [-0.39, 0.29) is 19.1 Å². The lowest BCUT2D eigenvalue weighted by atomic mass is 9.82. The normalized spacial score (nSPS) is 42.7. The summed E-state index contributed by atoms with van der Waals surface area (Å²) in [6, 6.07) is 0. The number of carbonyl (C=O) groups is 1. The molecule has 8 nitrogen and oxygen atoms in total. The molecule has 0 aromatic carbocycles. The summed E-state index contributed by atoms with van der Waals surface area (Å²) >= 11 is 0.